The predicted octanol–water partition coefficient (Wildman–Crippen LogP) is 7.24. The Balaban J connectivity index is 1.96. The molecule has 0 heterocycles. The SMILES string of the molecule is Nc1ccc(Oc2ccc(C(c3ccc(Oc4ccc(N)cc4)cc3C(=O)O)(C(F)(F)F)C(F)(F)F)c(C(=O)O)c2)cc1. The van der Waals surface area contributed by atoms with Gasteiger partial charge in [-0.25, -0.2) is 9.59 Å². The van der Waals surface area contributed by atoms with Gasteiger partial charge in [-0.3, -0.25) is 0 Å². The summed E-state index contributed by atoms with van der Waals surface area (Å²) in [7, 11) is 0. The molecule has 224 valence electrons. The van der Waals surface area contributed by atoms with Crippen molar-refractivity contribution in [3.05, 3.63) is 107 Å². The first-order valence-corrected chi connectivity index (χ1v) is 12.0. The van der Waals surface area contributed by atoms with Crippen LogP contribution in [0.5, 0.6) is 23.0 Å². The largest absolute Gasteiger partial charge is 0.478 e. The second-order valence-electron chi connectivity index (χ2n) is 9.11. The minimum absolute atomic E-state index is 0.0565. The Hall–Kier alpha value is -5.40. The van der Waals surface area contributed by atoms with Crippen molar-refractivity contribution >= 4 is 23.3 Å². The van der Waals surface area contributed by atoms with Crippen molar-refractivity contribution in [3.8, 4) is 23.0 Å². The quantitative estimate of drug-likeness (QED) is 0.121. The van der Waals surface area contributed by atoms with Crippen LogP contribution in [0.25, 0.3) is 0 Å². The molecule has 0 bridgehead atoms. The second-order valence-corrected chi connectivity index (χ2v) is 9.11. The molecule has 0 fully saturated rings. The molecule has 0 saturated carbocycles. The van der Waals surface area contributed by atoms with Gasteiger partial charge in [0.2, 0.25) is 5.41 Å². The first-order chi connectivity index (χ1) is 20.0. The van der Waals surface area contributed by atoms with Crippen molar-refractivity contribution in [1.29, 1.82) is 0 Å². The van der Waals surface area contributed by atoms with E-state index in [2.05, 4.69) is 0 Å². The predicted molar refractivity (Wildman–Crippen MR) is 142 cm³/mol. The molecule has 4 aromatic rings. The van der Waals surface area contributed by atoms with Crippen LogP contribution in [0, 0.1) is 0 Å². The van der Waals surface area contributed by atoms with Crippen LogP contribution in [-0.4, -0.2) is 34.5 Å². The maximum Gasteiger partial charge on any atom is 0.411 e. The van der Waals surface area contributed by atoms with Crippen molar-refractivity contribution < 1.29 is 55.6 Å². The summed E-state index contributed by atoms with van der Waals surface area (Å²) in [6, 6.07) is 13.9. The number of carboxylic acids is 2. The Morgan fingerprint density at radius 1 is 0.535 bits per heavy atom. The highest BCUT2D eigenvalue weighted by molar-refractivity contribution is 5.93. The van der Waals surface area contributed by atoms with Crippen molar-refractivity contribution in [2.24, 2.45) is 0 Å². The van der Waals surface area contributed by atoms with Gasteiger partial charge in [0.25, 0.3) is 0 Å². The molecule has 0 aliphatic carbocycles. The Kier molecular flexibility index (Phi) is 7.90. The van der Waals surface area contributed by atoms with Gasteiger partial charge in [-0.1, -0.05) is 12.1 Å². The fraction of sp³-hybridized carbons (Fsp3) is 0.103. The van der Waals surface area contributed by atoms with Gasteiger partial charge in [0.05, 0.1) is 11.1 Å². The van der Waals surface area contributed by atoms with Crippen molar-refractivity contribution in [1.82, 2.24) is 0 Å². The van der Waals surface area contributed by atoms with Crippen LogP contribution in [0.15, 0.2) is 84.9 Å². The maximum absolute atomic E-state index is 14.9. The Morgan fingerprint density at radius 3 is 1.12 bits per heavy atom. The number of ether oxygens (including phenoxy) is 2. The molecule has 0 radical (unpaired) electrons. The van der Waals surface area contributed by atoms with Crippen LogP contribution in [0.2, 0.25) is 0 Å². The minimum Gasteiger partial charge on any atom is -0.478 e. The van der Waals surface area contributed by atoms with Crippen LogP contribution >= 0.6 is 0 Å². The molecule has 0 aliphatic rings. The molecular weight excluding hydrogens is 586 g/mol. The van der Waals surface area contributed by atoms with E-state index in [1.165, 1.54) is 48.5 Å². The van der Waals surface area contributed by atoms with Crippen LogP contribution in [-0.2, 0) is 5.41 Å². The molecule has 0 atom stereocenters. The normalized spacial score (nSPS) is 12.0. The summed E-state index contributed by atoms with van der Waals surface area (Å²) >= 11 is 0. The lowest BCUT2D eigenvalue weighted by Gasteiger charge is -2.39. The maximum atomic E-state index is 14.9. The van der Waals surface area contributed by atoms with Gasteiger partial charge in [-0.05, 0) is 83.9 Å². The van der Waals surface area contributed by atoms with Gasteiger partial charge in [0.15, 0.2) is 0 Å². The highest BCUT2D eigenvalue weighted by atomic mass is 19.4. The fourth-order valence-electron chi connectivity index (χ4n) is 4.44. The molecule has 0 saturated heterocycles. The summed E-state index contributed by atoms with van der Waals surface area (Å²) in [4.78, 5) is 24.3. The number of alkyl halides is 6. The summed E-state index contributed by atoms with van der Waals surface area (Å²) in [6.45, 7) is 0. The van der Waals surface area contributed by atoms with Crippen LogP contribution < -0.4 is 20.9 Å². The smallest absolute Gasteiger partial charge is 0.411 e. The number of aromatic carboxylic acids is 2. The number of hydrogen-bond donors (Lipinski definition) is 4. The Labute approximate surface area is 238 Å². The van der Waals surface area contributed by atoms with Crippen LogP contribution in [0.4, 0.5) is 37.7 Å². The molecule has 6 N–H and O–H groups in total. The van der Waals surface area contributed by atoms with E-state index >= 15 is 0 Å². The Morgan fingerprint density at radius 2 is 0.837 bits per heavy atom. The summed E-state index contributed by atoms with van der Waals surface area (Å²) in [5.74, 6) is -5.02. The zero-order chi connectivity index (χ0) is 31.7. The van der Waals surface area contributed by atoms with Gasteiger partial charge < -0.3 is 31.2 Å². The van der Waals surface area contributed by atoms with E-state index in [0.717, 1.165) is 0 Å². The first kappa shape index (κ1) is 30.6. The van der Waals surface area contributed by atoms with Gasteiger partial charge >= 0.3 is 24.3 Å². The molecule has 0 unspecified atom stereocenters. The number of nitrogens with two attached hydrogens (primary N) is 2. The molecule has 14 heteroatoms. The van der Waals surface area contributed by atoms with Crippen molar-refractivity contribution in [2.45, 2.75) is 17.8 Å². The van der Waals surface area contributed by atoms with E-state index in [-0.39, 0.29) is 11.5 Å². The molecule has 0 spiro atoms. The van der Waals surface area contributed by atoms with Gasteiger partial charge in [0, 0.05) is 11.4 Å². The molecule has 4 rings (SSSR count). The molecule has 0 amide bonds. The van der Waals surface area contributed by atoms with Crippen LogP contribution in [0.3, 0.4) is 0 Å². The van der Waals surface area contributed by atoms with E-state index in [4.69, 9.17) is 20.9 Å². The van der Waals surface area contributed by atoms with Gasteiger partial charge in [-0.15, -0.1) is 0 Å². The zero-order valence-corrected chi connectivity index (χ0v) is 21.5. The average Bonchev–Trinajstić information content (AvgIpc) is 2.91. The number of anilines is 2. The minimum atomic E-state index is -6.29. The number of carboxylic acid groups (broad SMARTS) is 2. The number of benzene rings is 4. The molecule has 0 aromatic heterocycles. The summed E-state index contributed by atoms with van der Waals surface area (Å²) in [5.41, 5.74) is 0.277. The van der Waals surface area contributed by atoms with Crippen molar-refractivity contribution in [3.63, 3.8) is 0 Å². The zero-order valence-electron chi connectivity index (χ0n) is 21.5. The van der Waals surface area contributed by atoms with Gasteiger partial charge in [0.1, 0.15) is 23.0 Å². The molecule has 43 heavy (non-hydrogen) atoms. The summed E-state index contributed by atoms with van der Waals surface area (Å²) in [6.07, 6.45) is -12.6. The van der Waals surface area contributed by atoms with E-state index in [9.17, 15) is 46.1 Å². The number of hydrogen-bond acceptors (Lipinski definition) is 6. The average molecular weight is 606 g/mol. The fourth-order valence-corrected chi connectivity index (χ4v) is 4.44. The number of carbonyl (C=O) groups is 2. The monoisotopic (exact) mass is 606 g/mol. The summed E-state index contributed by atoms with van der Waals surface area (Å²) in [5, 5.41) is 19.6. The molecule has 0 aliphatic heterocycles. The lowest BCUT2D eigenvalue weighted by atomic mass is 9.69. The number of nitrogen functional groups attached to an aromatic ring is 2. The third-order valence-electron chi connectivity index (χ3n) is 6.33. The Bertz CT molecular complexity index is 1540. The topological polar surface area (TPSA) is 145 Å². The van der Waals surface area contributed by atoms with Gasteiger partial charge in [-0.2, -0.15) is 26.3 Å². The molecule has 8 nitrogen and oxygen atoms in total. The highest BCUT2D eigenvalue weighted by Crippen LogP contribution is 2.58. The third-order valence-corrected chi connectivity index (χ3v) is 6.33. The third kappa shape index (κ3) is 5.84. The highest BCUT2D eigenvalue weighted by Gasteiger charge is 2.74. The molecular formula is C29H20F6N2O6. The van der Waals surface area contributed by atoms with E-state index in [1.54, 1.807) is 0 Å². The van der Waals surface area contributed by atoms with Crippen LogP contribution in [0.1, 0.15) is 31.8 Å². The standard InChI is InChI=1S/C29H20F6N2O6/c30-28(31,32)27(29(33,34)35,23-11-9-19(13-21(23)25(38)39)42-17-5-1-15(36)2-6-17)24-12-10-20(14-22(24)26(40)41)43-18-7-3-16(37)4-8-18/h1-14H,36-37H2,(H,38,39)(H,40,41). The summed E-state index contributed by atoms with van der Waals surface area (Å²) < 4.78 is 100. The second kappa shape index (κ2) is 11.1. The number of rotatable bonds is 8. The first-order valence-electron chi connectivity index (χ1n) is 12.0. The number of halogens is 6. The van der Waals surface area contributed by atoms with E-state index < -0.39 is 63.5 Å². The van der Waals surface area contributed by atoms with Crippen molar-refractivity contribution in [2.75, 3.05) is 11.5 Å². The lowest BCUT2D eigenvalue weighted by Crippen LogP contribution is -2.56. The van der Waals surface area contributed by atoms with E-state index in [0.29, 0.717) is 47.8 Å². The molecule has 4 aromatic carbocycles. The lowest BCUT2D eigenvalue weighted by molar-refractivity contribution is -0.288. The van der Waals surface area contributed by atoms with E-state index in [1.807, 2.05) is 0 Å².